The largest absolute Gasteiger partial charge is 0.456 e. The van der Waals surface area contributed by atoms with Crippen LogP contribution in [0.4, 0.5) is 0 Å². The van der Waals surface area contributed by atoms with Crippen LogP contribution in [0.25, 0.3) is 150 Å². The molecule has 0 radical (unpaired) electrons. The van der Waals surface area contributed by atoms with Crippen molar-refractivity contribution in [2.75, 3.05) is 0 Å². The van der Waals surface area contributed by atoms with Gasteiger partial charge in [-0.2, -0.15) is 0 Å². The maximum absolute atomic E-state index is 6.97. The minimum Gasteiger partial charge on any atom is -0.456 e. The van der Waals surface area contributed by atoms with Gasteiger partial charge in [-0.3, -0.25) is 0 Å². The lowest BCUT2D eigenvalue weighted by Crippen LogP contribution is -2.00. The van der Waals surface area contributed by atoms with Crippen LogP contribution in [0.2, 0.25) is 0 Å². The zero-order chi connectivity index (χ0) is 45.9. The molecule has 5 heterocycles. The highest BCUT2D eigenvalue weighted by Gasteiger charge is 2.24. The number of rotatable bonds is 6. The van der Waals surface area contributed by atoms with Gasteiger partial charge < -0.3 is 17.8 Å². The molecule has 15 aromatic rings. The van der Waals surface area contributed by atoms with Gasteiger partial charge in [-0.15, -0.1) is 0 Å². The zero-order valence-corrected chi connectivity index (χ0v) is 37.3. The smallest absolute Gasteiger partial charge is 0.167 e. The summed E-state index contributed by atoms with van der Waals surface area (Å²) in [6.07, 6.45) is 0. The van der Waals surface area contributed by atoms with Gasteiger partial charge in [-0.25, -0.2) is 15.0 Å². The second kappa shape index (κ2) is 15.0. The van der Waals surface area contributed by atoms with Crippen LogP contribution in [0.1, 0.15) is 0 Å². The van der Waals surface area contributed by atoms with Crippen LogP contribution in [0, 0.1) is 0 Å². The zero-order valence-electron chi connectivity index (χ0n) is 37.3. The first-order valence-electron chi connectivity index (χ1n) is 23.4. The van der Waals surface area contributed by atoms with E-state index in [4.69, 9.17) is 28.2 Å². The molecule has 7 nitrogen and oxygen atoms in total. The topological polar surface area (TPSA) is 83.0 Å². The highest BCUT2D eigenvalue weighted by Crippen LogP contribution is 2.47. The molecule has 0 atom stereocenters. The number of hydrogen-bond acceptors (Lipinski definition) is 6. The molecule has 5 aromatic heterocycles. The Balaban J connectivity index is 0.945. The summed E-state index contributed by atoms with van der Waals surface area (Å²) >= 11 is 0. The van der Waals surface area contributed by atoms with Crippen LogP contribution < -0.4 is 0 Å². The molecule has 0 aliphatic carbocycles. The highest BCUT2D eigenvalue weighted by molar-refractivity contribution is 6.21. The van der Waals surface area contributed by atoms with E-state index in [1.807, 2.05) is 78.9 Å². The van der Waals surface area contributed by atoms with Gasteiger partial charge in [0.25, 0.3) is 0 Å². The Labute approximate surface area is 399 Å². The highest BCUT2D eigenvalue weighted by atomic mass is 16.3. The van der Waals surface area contributed by atoms with E-state index in [1.165, 1.54) is 10.8 Å². The summed E-state index contributed by atoms with van der Waals surface area (Å²) in [5, 5.41) is 8.41. The second-order valence-corrected chi connectivity index (χ2v) is 17.8. The first kappa shape index (κ1) is 38.5. The molecule has 0 saturated heterocycles. The van der Waals surface area contributed by atoms with Crippen LogP contribution >= 0.6 is 0 Å². The Bertz CT molecular complexity index is 4600. The predicted molar refractivity (Wildman–Crippen MR) is 283 cm³/mol. The van der Waals surface area contributed by atoms with Crippen LogP contribution in [0.15, 0.2) is 232 Å². The third kappa shape index (κ3) is 5.72. The molecule has 0 aliphatic heterocycles. The van der Waals surface area contributed by atoms with Crippen molar-refractivity contribution in [2.24, 2.45) is 0 Å². The lowest BCUT2D eigenvalue weighted by Gasteiger charge is -2.13. The van der Waals surface area contributed by atoms with Crippen molar-refractivity contribution in [3.63, 3.8) is 0 Å². The van der Waals surface area contributed by atoms with E-state index in [2.05, 4.69) is 144 Å². The van der Waals surface area contributed by atoms with Crippen molar-refractivity contribution in [2.45, 2.75) is 0 Å². The Morgan fingerprint density at radius 3 is 1.73 bits per heavy atom. The predicted octanol–water partition coefficient (Wildman–Crippen LogP) is 17.0. The molecule has 15 rings (SSSR count). The first-order valence-corrected chi connectivity index (χ1v) is 23.4. The van der Waals surface area contributed by atoms with Gasteiger partial charge >= 0.3 is 0 Å². The van der Waals surface area contributed by atoms with Gasteiger partial charge in [0, 0.05) is 71.0 Å². The summed E-state index contributed by atoms with van der Waals surface area (Å²) in [5.74, 6) is 1.62. The van der Waals surface area contributed by atoms with E-state index in [0.717, 1.165) is 121 Å². The van der Waals surface area contributed by atoms with Crippen LogP contribution in [0.3, 0.4) is 0 Å². The second-order valence-electron chi connectivity index (χ2n) is 17.8. The molecule has 0 saturated carbocycles. The monoisotopic (exact) mass is 896 g/mol. The summed E-state index contributed by atoms with van der Waals surface area (Å²) in [6.45, 7) is 0. The lowest BCUT2D eigenvalue weighted by molar-refractivity contribution is 0.668. The van der Waals surface area contributed by atoms with Gasteiger partial charge in [0.15, 0.2) is 17.5 Å². The van der Waals surface area contributed by atoms with Gasteiger partial charge in [0.1, 0.15) is 33.5 Å². The molecule has 0 N–H and O–H groups in total. The third-order valence-electron chi connectivity index (χ3n) is 13.9. The summed E-state index contributed by atoms with van der Waals surface area (Å²) in [5.41, 5.74) is 14.8. The third-order valence-corrected chi connectivity index (χ3v) is 13.9. The molecule has 326 valence electrons. The average molecular weight is 897 g/mol. The molecule has 0 spiro atoms. The van der Waals surface area contributed by atoms with Gasteiger partial charge in [0.2, 0.25) is 0 Å². The molecule has 0 unspecified atom stereocenters. The average Bonchev–Trinajstić information content (AvgIpc) is 4.20. The fraction of sp³-hybridized carbons (Fsp3) is 0. The minimum atomic E-state index is 0.521. The standard InChI is InChI=1S/C63H36N4O3/c1-3-16-37(17-4-1)61-64-62(66-63(65-61)49-27-14-25-45-42-21-8-11-29-52(42)69-59(45)49)48-26-15-31-55-56(48)50-36-38(32-35-54(50)68-55)40-33-34-46(60-57(40)47-22-9-12-30-53(47)70-60)44-24-13-23-43-41-20-7-10-28-51(41)67(58(43)44)39-18-5-2-6-19-39/h1-36H. The van der Waals surface area contributed by atoms with E-state index in [1.54, 1.807) is 0 Å². The Morgan fingerprint density at radius 1 is 0.300 bits per heavy atom. The maximum atomic E-state index is 6.97. The molecular formula is C63H36N4O3. The van der Waals surface area contributed by atoms with Gasteiger partial charge in [0.05, 0.1) is 16.6 Å². The molecule has 0 fully saturated rings. The van der Waals surface area contributed by atoms with Crippen LogP contribution in [-0.2, 0) is 0 Å². The van der Waals surface area contributed by atoms with E-state index >= 15 is 0 Å². The quantitative estimate of drug-likeness (QED) is 0.165. The molecule has 0 amide bonds. The van der Waals surface area contributed by atoms with Crippen LogP contribution in [0.5, 0.6) is 0 Å². The molecule has 0 aliphatic rings. The van der Waals surface area contributed by atoms with E-state index in [0.29, 0.717) is 17.5 Å². The summed E-state index contributed by atoms with van der Waals surface area (Å²) in [7, 11) is 0. The van der Waals surface area contributed by atoms with Gasteiger partial charge in [-0.1, -0.05) is 158 Å². The SMILES string of the molecule is c1ccc(-c2nc(-c3cccc4c3oc3ccccc34)nc(-c3cccc4oc5ccc(-c6ccc(-c7cccc8c9ccccc9n(-c9ccccc9)c78)c7oc8ccccc8c67)cc5c34)n2)cc1. The summed E-state index contributed by atoms with van der Waals surface area (Å²) in [4.78, 5) is 15.6. The normalized spacial score (nSPS) is 12.0. The van der Waals surface area contributed by atoms with Crippen molar-refractivity contribution >= 4 is 87.6 Å². The lowest BCUT2D eigenvalue weighted by atomic mass is 9.93. The summed E-state index contributed by atoms with van der Waals surface area (Å²) < 4.78 is 22.5. The fourth-order valence-electron chi connectivity index (χ4n) is 10.8. The Hall–Kier alpha value is -9.59. The molecule has 70 heavy (non-hydrogen) atoms. The van der Waals surface area contributed by atoms with Crippen molar-refractivity contribution in [1.29, 1.82) is 0 Å². The van der Waals surface area contributed by atoms with Gasteiger partial charge in [-0.05, 0) is 71.8 Å². The van der Waals surface area contributed by atoms with Crippen LogP contribution in [-0.4, -0.2) is 19.5 Å². The maximum Gasteiger partial charge on any atom is 0.167 e. The minimum absolute atomic E-state index is 0.521. The van der Waals surface area contributed by atoms with Crippen molar-refractivity contribution in [3.05, 3.63) is 218 Å². The van der Waals surface area contributed by atoms with Crippen molar-refractivity contribution in [1.82, 2.24) is 19.5 Å². The molecule has 0 bridgehead atoms. The number of nitrogens with zero attached hydrogens (tertiary/aromatic N) is 4. The number of hydrogen-bond donors (Lipinski definition) is 0. The first-order chi connectivity index (χ1) is 34.7. The molecular weight excluding hydrogens is 861 g/mol. The van der Waals surface area contributed by atoms with Crippen molar-refractivity contribution in [3.8, 4) is 62.1 Å². The number of aromatic nitrogens is 4. The summed E-state index contributed by atoms with van der Waals surface area (Å²) in [6, 6.07) is 75.6. The number of para-hydroxylation sites is 6. The number of fused-ring (bicyclic) bond motifs is 12. The Morgan fingerprint density at radius 2 is 0.886 bits per heavy atom. The fourth-order valence-corrected chi connectivity index (χ4v) is 10.8. The van der Waals surface area contributed by atoms with E-state index in [-0.39, 0.29) is 0 Å². The van der Waals surface area contributed by atoms with E-state index in [9.17, 15) is 0 Å². The Kier molecular flexibility index (Phi) is 8.23. The molecule has 10 aromatic carbocycles. The van der Waals surface area contributed by atoms with E-state index < -0.39 is 0 Å². The molecule has 7 heteroatoms. The number of furan rings is 3. The number of benzene rings is 10. The van der Waals surface area contributed by atoms with Crippen molar-refractivity contribution < 1.29 is 13.3 Å².